The summed E-state index contributed by atoms with van der Waals surface area (Å²) >= 11 is 0. The van der Waals surface area contributed by atoms with E-state index < -0.39 is 0 Å². The van der Waals surface area contributed by atoms with Crippen LogP contribution in [0.1, 0.15) is 44.6 Å². The Morgan fingerprint density at radius 1 is 1.50 bits per heavy atom. The van der Waals surface area contributed by atoms with Gasteiger partial charge < -0.3 is 16.0 Å². The summed E-state index contributed by atoms with van der Waals surface area (Å²) in [7, 11) is 1.81. The summed E-state index contributed by atoms with van der Waals surface area (Å²) < 4.78 is 0. The molecule has 2 unspecified atom stereocenters. The summed E-state index contributed by atoms with van der Waals surface area (Å²) in [6.07, 6.45) is 6.33. The molecule has 1 aromatic heterocycles. The highest BCUT2D eigenvalue weighted by Crippen LogP contribution is 2.23. The highest BCUT2D eigenvalue weighted by molar-refractivity contribution is 14.0. The van der Waals surface area contributed by atoms with Crippen molar-refractivity contribution < 1.29 is 4.79 Å². The molecule has 2 rings (SSSR count). The van der Waals surface area contributed by atoms with Crippen molar-refractivity contribution in [1.29, 1.82) is 0 Å². The summed E-state index contributed by atoms with van der Waals surface area (Å²) in [5, 5.41) is 3.52. The first-order chi connectivity index (χ1) is 12.0. The van der Waals surface area contributed by atoms with E-state index in [4.69, 9.17) is 5.73 Å². The Hall–Kier alpha value is -1.38. The molecule has 0 saturated carbocycles. The molecule has 26 heavy (non-hydrogen) atoms. The molecule has 2 heterocycles. The fraction of sp³-hybridized carbons (Fsp3) is 0.632. The number of guanidine groups is 1. The van der Waals surface area contributed by atoms with Gasteiger partial charge in [-0.25, -0.2) is 0 Å². The molecule has 1 amide bonds. The van der Waals surface area contributed by atoms with Crippen LogP contribution in [0, 0.1) is 11.8 Å². The van der Waals surface area contributed by atoms with E-state index in [2.05, 4.69) is 40.1 Å². The lowest BCUT2D eigenvalue weighted by Crippen LogP contribution is -2.48. The average Bonchev–Trinajstić information content (AvgIpc) is 2.59. The van der Waals surface area contributed by atoms with Crippen LogP contribution in [0.5, 0.6) is 0 Å². The summed E-state index contributed by atoms with van der Waals surface area (Å²) in [4.78, 5) is 22.2. The van der Waals surface area contributed by atoms with E-state index >= 15 is 0 Å². The Morgan fingerprint density at radius 2 is 2.27 bits per heavy atom. The first-order valence-corrected chi connectivity index (χ1v) is 9.15. The lowest BCUT2D eigenvalue weighted by atomic mass is 9.89. The molecule has 0 bridgehead atoms. The molecule has 6 nitrogen and oxygen atoms in total. The molecular formula is C19H32IN5O. The van der Waals surface area contributed by atoms with Crippen LogP contribution in [0.15, 0.2) is 29.5 Å². The summed E-state index contributed by atoms with van der Waals surface area (Å²) in [5.41, 5.74) is 6.61. The molecule has 1 saturated heterocycles. The minimum absolute atomic E-state index is 0. The van der Waals surface area contributed by atoms with Crippen molar-refractivity contribution in [2.45, 2.75) is 39.0 Å². The van der Waals surface area contributed by atoms with Gasteiger partial charge in [0.05, 0.1) is 0 Å². The average molecular weight is 473 g/mol. The monoisotopic (exact) mass is 473 g/mol. The Kier molecular flexibility index (Phi) is 9.90. The number of likely N-dealkylation sites (tertiary alicyclic amines) is 1. The van der Waals surface area contributed by atoms with E-state index in [9.17, 15) is 4.79 Å². The zero-order valence-electron chi connectivity index (χ0n) is 16.0. The largest absolute Gasteiger partial charge is 0.370 e. The van der Waals surface area contributed by atoms with E-state index in [-0.39, 0.29) is 29.9 Å². The lowest BCUT2D eigenvalue weighted by Gasteiger charge is -2.35. The maximum Gasteiger partial charge on any atom is 0.217 e. The summed E-state index contributed by atoms with van der Waals surface area (Å²) in [6, 6.07) is 4.12. The number of hydrogen-bond donors (Lipinski definition) is 2. The number of rotatable bonds is 6. The van der Waals surface area contributed by atoms with Gasteiger partial charge in [0, 0.05) is 51.4 Å². The number of nitrogens with one attached hydrogen (secondary N) is 1. The van der Waals surface area contributed by atoms with Crippen molar-refractivity contribution in [3.8, 4) is 0 Å². The van der Waals surface area contributed by atoms with Gasteiger partial charge in [-0.05, 0) is 36.3 Å². The maximum atomic E-state index is 11.2. The van der Waals surface area contributed by atoms with E-state index in [0.29, 0.717) is 24.2 Å². The molecule has 2 atom stereocenters. The van der Waals surface area contributed by atoms with Crippen LogP contribution in [0.3, 0.4) is 0 Å². The van der Waals surface area contributed by atoms with Crippen LogP contribution < -0.4 is 11.1 Å². The van der Waals surface area contributed by atoms with Gasteiger partial charge in [0.15, 0.2) is 5.96 Å². The van der Waals surface area contributed by atoms with E-state index in [0.717, 1.165) is 38.4 Å². The number of carbonyl (C=O) groups is 1. The third-order valence-electron chi connectivity index (χ3n) is 4.92. The predicted molar refractivity (Wildman–Crippen MR) is 117 cm³/mol. The number of aliphatic imine (C=N–C) groups is 1. The van der Waals surface area contributed by atoms with Crippen molar-refractivity contribution in [3.05, 3.63) is 30.1 Å². The van der Waals surface area contributed by atoms with Crippen molar-refractivity contribution in [1.82, 2.24) is 15.2 Å². The molecule has 1 aliphatic rings. The van der Waals surface area contributed by atoms with Gasteiger partial charge in [-0.1, -0.05) is 19.9 Å². The molecule has 1 aliphatic heterocycles. The topological polar surface area (TPSA) is 83.6 Å². The van der Waals surface area contributed by atoms with E-state index in [1.54, 1.807) is 6.20 Å². The number of piperidine rings is 1. The number of aromatic nitrogens is 1. The molecule has 1 aromatic rings. The highest BCUT2D eigenvalue weighted by atomic mass is 127. The van der Waals surface area contributed by atoms with Gasteiger partial charge in [-0.15, -0.1) is 24.0 Å². The third kappa shape index (κ3) is 6.74. The lowest BCUT2D eigenvalue weighted by molar-refractivity contribution is -0.119. The minimum Gasteiger partial charge on any atom is -0.370 e. The van der Waals surface area contributed by atoms with Gasteiger partial charge in [-0.3, -0.25) is 14.8 Å². The van der Waals surface area contributed by atoms with Crippen molar-refractivity contribution in [3.63, 3.8) is 0 Å². The quantitative estimate of drug-likeness (QED) is 0.378. The van der Waals surface area contributed by atoms with Crippen molar-refractivity contribution in [2.75, 3.05) is 26.7 Å². The van der Waals surface area contributed by atoms with Crippen LogP contribution in [0.2, 0.25) is 0 Å². The standard InChI is InChI=1S/C19H31N5O.HI/c1-14(2)17(16-7-4-8-22-11-16)12-23-19(21-3)24-9-5-6-15(13-24)10-18(20)25;/h4,7-8,11,14-15,17H,5-6,9-10,12-13H2,1-3H3,(H2,20,25)(H,21,23);1H. The Labute approximate surface area is 174 Å². The number of hydrogen-bond acceptors (Lipinski definition) is 3. The maximum absolute atomic E-state index is 11.2. The molecule has 0 spiro atoms. The molecule has 0 aliphatic carbocycles. The second-order valence-corrected chi connectivity index (χ2v) is 7.19. The number of amides is 1. The van der Waals surface area contributed by atoms with Crippen molar-refractivity contribution in [2.24, 2.45) is 22.6 Å². The van der Waals surface area contributed by atoms with Crippen LogP contribution in [-0.4, -0.2) is 48.4 Å². The number of carbonyl (C=O) groups excluding carboxylic acids is 1. The number of nitrogens with two attached hydrogens (primary N) is 1. The van der Waals surface area contributed by atoms with Gasteiger partial charge in [-0.2, -0.15) is 0 Å². The first kappa shape index (κ1) is 22.7. The fourth-order valence-corrected chi connectivity index (χ4v) is 3.58. The van der Waals surface area contributed by atoms with Crippen LogP contribution in [-0.2, 0) is 4.79 Å². The zero-order valence-corrected chi connectivity index (χ0v) is 18.3. The van der Waals surface area contributed by atoms with Crippen LogP contribution in [0.4, 0.5) is 0 Å². The van der Waals surface area contributed by atoms with Gasteiger partial charge >= 0.3 is 0 Å². The molecule has 0 aromatic carbocycles. The van der Waals surface area contributed by atoms with E-state index in [1.165, 1.54) is 5.56 Å². The number of halogens is 1. The second-order valence-electron chi connectivity index (χ2n) is 7.19. The second kappa shape index (κ2) is 11.4. The summed E-state index contributed by atoms with van der Waals surface area (Å²) in [6.45, 7) is 7.07. The third-order valence-corrected chi connectivity index (χ3v) is 4.92. The van der Waals surface area contributed by atoms with Crippen LogP contribution in [0.25, 0.3) is 0 Å². The molecule has 1 fully saturated rings. The number of nitrogens with zero attached hydrogens (tertiary/aromatic N) is 3. The van der Waals surface area contributed by atoms with Gasteiger partial charge in [0.2, 0.25) is 5.91 Å². The smallest absolute Gasteiger partial charge is 0.217 e. The predicted octanol–water partition coefficient (Wildman–Crippen LogP) is 2.60. The molecule has 7 heteroatoms. The Balaban J connectivity index is 0.00000338. The number of pyridine rings is 1. The van der Waals surface area contributed by atoms with Gasteiger partial charge in [0.25, 0.3) is 0 Å². The van der Waals surface area contributed by atoms with Crippen molar-refractivity contribution >= 4 is 35.8 Å². The molecule has 0 radical (unpaired) electrons. The molecule has 146 valence electrons. The molecule has 3 N–H and O–H groups in total. The normalized spacial score (nSPS) is 19.0. The van der Waals surface area contributed by atoms with Crippen LogP contribution >= 0.6 is 24.0 Å². The molecular weight excluding hydrogens is 441 g/mol. The first-order valence-electron chi connectivity index (χ1n) is 9.15. The van der Waals surface area contributed by atoms with Gasteiger partial charge in [0.1, 0.15) is 0 Å². The van der Waals surface area contributed by atoms with E-state index in [1.807, 2.05) is 19.3 Å². The highest BCUT2D eigenvalue weighted by Gasteiger charge is 2.24. The Morgan fingerprint density at radius 3 is 2.85 bits per heavy atom. The number of primary amides is 1. The zero-order chi connectivity index (χ0) is 18.2. The SMILES string of the molecule is CN=C(NCC(c1cccnc1)C(C)C)N1CCCC(CC(N)=O)C1.I. The summed E-state index contributed by atoms with van der Waals surface area (Å²) in [5.74, 6) is 1.88. The fourth-order valence-electron chi connectivity index (χ4n) is 3.58. The minimum atomic E-state index is -0.216. The Bertz CT molecular complexity index is 579.